The third-order valence-corrected chi connectivity index (χ3v) is 4.37. The van der Waals surface area contributed by atoms with Crippen molar-refractivity contribution in [3.63, 3.8) is 0 Å². The van der Waals surface area contributed by atoms with Crippen LogP contribution in [-0.4, -0.2) is 43.9 Å². The van der Waals surface area contributed by atoms with E-state index in [2.05, 4.69) is 26.5 Å². The van der Waals surface area contributed by atoms with Crippen LogP contribution in [0.2, 0.25) is 0 Å². The molecule has 1 amide bonds. The van der Waals surface area contributed by atoms with Crippen LogP contribution < -0.4 is 10.2 Å². The molecule has 2 aromatic heterocycles. The molecule has 0 aromatic carbocycles. The molecule has 1 aliphatic rings. The van der Waals surface area contributed by atoms with Crippen molar-refractivity contribution in [2.75, 3.05) is 23.4 Å². The van der Waals surface area contributed by atoms with E-state index in [1.165, 1.54) is 4.90 Å². The summed E-state index contributed by atoms with van der Waals surface area (Å²) in [5.41, 5.74) is -0.275. The Morgan fingerprint density at radius 2 is 2.36 bits per heavy atom. The standard InChI is InChI=1S/C16H19N7O2/c1-2-16(11-17)4-6-23(14(16)25)13-3-5-18-15(21-13)20-12-9-19-22(10-12)7-8-24/h3,5,9-10,24H,2,4,6-8H2,1H3,(H,18,20,21)/t16-/m1/s1. The van der Waals surface area contributed by atoms with Crippen LogP contribution in [0.3, 0.4) is 0 Å². The highest BCUT2D eigenvalue weighted by atomic mass is 16.3. The van der Waals surface area contributed by atoms with Gasteiger partial charge < -0.3 is 10.4 Å². The molecule has 2 N–H and O–H groups in total. The molecule has 25 heavy (non-hydrogen) atoms. The van der Waals surface area contributed by atoms with E-state index in [1.54, 1.807) is 29.3 Å². The molecular formula is C16H19N7O2. The van der Waals surface area contributed by atoms with Gasteiger partial charge in [0.1, 0.15) is 11.2 Å². The number of anilines is 3. The van der Waals surface area contributed by atoms with E-state index in [4.69, 9.17) is 5.11 Å². The maximum atomic E-state index is 12.6. The first-order chi connectivity index (χ1) is 12.1. The second-order valence-electron chi connectivity index (χ2n) is 5.83. The molecule has 3 rings (SSSR count). The van der Waals surface area contributed by atoms with Crippen molar-refractivity contribution >= 4 is 23.4 Å². The molecule has 1 saturated heterocycles. The zero-order valence-electron chi connectivity index (χ0n) is 13.9. The van der Waals surface area contributed by atoms with Crippen molar-refractivity contribution in [3.8, 4) is 6.07 Å². The number of hydrogen-bond acceptors (Lipinski definition) is 7. The summed E-state index contributed by atoms with van der Waals surface area (Å²) in [5, 5.41) is 25.4. The Hall–Kier alpha value is -2.99. The third kappa shape index (κ3) is 3.16. The minimum atomic E-state index is -0.954. The Bertz CT molecular complexity index is 813. The number of nitrogens with one attached hydrogen (secondary N) is 1. The lowest BCUT2D eigenvalue weighted by Gasteiger charge is -2.19. The van der Waals surface area contributed by atoms with Gasteiger partial charge in [0, 0.05) is 18.9 Å². The van der Waals surface area contributed by atoms with Gasteiger partial charge in [0.25, 0.3) is 0 Å². The largest absolute Gasteiger partial charge is 0.394 e. The molecule has 0 spiro atoms. The number of nitriles is 1. The molecule has 1 aliphatic heterocycles. The first kappa shape index (κ1) is 16.9. The summed E-state index contributed by atoms with van der Waals surface area (Å²) < 4.78 is 1.60. The molecule has 0 bridgehead atoms. The lowest BCUT2D eigenvalue weighted by Crippen LogP contribution is -2.33. The summed E-state index contributed by atoms with van der Waals surface area (Å²) in [6, 6.07) is 3.82. The highest BCUT2D eigenvalue weighted by Crippen LogP contribution is 2.36. The molecule has 0 saturated carbocycles. The van der Waals surface area contributed by atoms with Gasteiger partial charge in [-0.3, -0.25) is 14.4 Å². The van der Waals surface area contributed by atoms with E-state index in [9.17, 15) is 10.1 Å². The van der Waals surface area contributed by atoms with Gasteiger partial charge in [-0.2, -0.15) is 15.3 Å². The highest BCUT2D eigenvalue weighted by Gasteiger charge is 2.46. The Morgan fingerprint density at radius 3 is 3.04 bits per heavy atom. The van der Waals surface area contributed by atoms with Crippen LogP contribution >= 0.6 is 0 Å². The molecular weight excluding hydrogens is 322 g/mol. The average molecular weight is 341 g/mol. The van der Waals surface area contributed by atoms with Crippen molar-refractivity contribution < 1.29 is 9.90 Å². The summed E-state index contributed by atoms with van der Waals surface area (Å²) in [5.74, 6) is 0.591. The van der Waals surface area contributed by atoms with Gasteiger partial charge in [-0.15, -0.1) is 0 Å². The van der Waals surface area contributed by atoms with Crippen LogP contribution in [0.1, 0.15) is 19.8 Å². The molecule has 130 valence electrons. The summed E-state index contributed by atoms with van der Waals surface area (Å²) in [6.07, 6.45) is 5.88. The fraction of sp³-hybridized carbons (Fsp3) is 0.438. The maximum Gasteiger partial charge on any atom is 0.248 e. The molecule has 1 atom stereocenters. The molecule has 9 heteroatoms. The Balaban J connectivity index is 1.78. The molecule has 0 radical (unpaired) electrons. The number of carbonyl (C=O) groups is 1. The van der Waals surface area contributed by atoms with E-state index < -0.39 is 5.41 Å². The quantitative estimate of drug-likeness (QED) is 0.806. The van der Waals surface area contributed by atoms with Crippen LogP contribution in [0, 0.1) is 16.7 Å². The second-order valence-corrected chi connectivity index (χ2v) is 5.83. The third-order valence-electron chi connectivity index (χ3n) is 4.37. The predicted molar refractivity (Wildman–Crippen MR) is 89.9 cm³/mol. The lowest BCUT2D eigenvalue weighted by molar-refractivity contribution is -0.123. The summed E-state index contributed by atoms with van der Waals surface area (Å²) >= 11 is 0. The summed E-state index contributed by atoms with van der Waals surface area (Å²) in [4.78, 5) is 22.7. The van der Waals surface area contributed by atoms with Crippen molar-refractivity contribution in [2.24, 2.45) is 5.41 Å². The first-order valence-corrected chi connectivity index (χ1v) is 8.08. The number of hydrogen-bond donors (Lipinski definition) is 2. The fourth-order valence-electron chi connectivity index (χ4n) is 2.84. The number of nitrogens with zero attached hydrogens (tertiary/aromatic N) is 6. The Morgan fingerprint density at radius 1 is 1.52 bits per heavy atom. The van der Waals surface area contributed by atoms with Gasteiger partial charge in [-0.25, -0.2) is 4.98 Å². The van der Waals surface area contributed by atoms with Gasteiger partial charge >= 0.3 is 0 Å². The molecule has 0 aliphatic carbocycles. The zero-order valence-corrected chi connectivity index (χ0v) is 13.9. The van der Waals surface area contributed by atoms with E-state index in [0.29, 0.717) is 43.4 Å². The molecule has 3 heterocycles. The number of carbonyl (C=O) groups excluding carboxylic acids is 1. The van der Waals surface area contributed by atoms with Gasteiger partial charge in [0.15, 0.2) is 0 Å². The van der Waals surface area contributed by atoms with Gasteiger partial charge in [-0.05, 0) is 18.9 Å². The zero-order chi connectivity index (χ0) is 17.9. The van der Waals surface area contributed by atoms with Crippen LogP contribution in [0.25, 0.3) is 0 Å². The Labute approximate surface area is 144 Å². The SMILES string of the molecule is CC[C@]1(C#N)CCN(c2ccnc(Nc3cnn(CCO)c3)n2)C1=O. The minimum Gasteiger partial charge on any atom is -0.394 e. The van der Waals surface area contributed by atoms with Crippen molar-refractivity contribution in [1.29, 1.82) is 5.26 Å². The van der Waals surface area contributed by atoms with Crippen molar-refractivity contribution in [2.45, 2.75) is 26.3 Å². The average Bonchev–Trinajstić information content (AvgIpc) is 3.20. The van der Waals surface area contributed by atoms with Crippen LogP contribution in [0.4, 0.5) is 17.5 Å². The monoisotopic (exact) mass is 341 g/mol. The van der Waals surface area contributed by atoms with Crippen molar-refractivity contribution in [3.05, 3.63) is 24.7 Å². The van der Waals surface area contributed by atoms with E-state index in [1.807, 2.05) is 6.92 Å². The van der Waals surface area contributed by atoms with Gasteiger partial charge in [0.05, 0.1) is 31.1 Å². The van der Waals surface area contributed by atoms with E-state index >= 15 is 0 Å². The Kier molecular flexibility index (Phi) is 4.63. The smallest absolute Gasteiger partial charge is 0.248 e. The number of rotatable bonds is 6. The van der Waals surface area contributed by atoms with Crippen molar-refractivity contribution in [1.82, 2.24) is 19.7 Å². The second kappa shape index (κ2) is 6.86. The minimum absolute atomic E-state index is 0.00223. The number of aliphatic hydroxyl groups excluding tert-OH is 1. The first-order valence-electron chi connectivity index (χ1n) is 8.08. The fourth-order valence-corrected chi connectivity index (χ4v) is 2.84. The number of aliphatic hydroxyl groups is 1. The van der Waals surface area contributed by atoms with E-state index in [0.717, 1.165) is 0 Å². The van der Waals surface area contributed by atoms with Crippen LogP contribution in [0.5, 0.6) is 0 Å². The van der Waals surface area contributed by atoms with Crippen LogP contribution in [0.15, 0.2) is 24.7 Å². The predicted octanol–water partition coefficient (Wildman–Crippen LogP) is 1.07. The normalized spacial score (nSPS) is 19.9. The lowest BCUT2D eigenvalue weighted by atomic mass is 9.85. The number of amides is 1. The maximum absolute atomic E-state index is 12.6. The van der Waals surface area contributed by atoms with E-state index in [-0.39, 0.29) is 12.5 Å². The topological polar surface area (TPSA) is 120 Å². The molecule has 9 nitrogen and oxygen atoms in total. The van der Waals surface area contributed by atoms with Crippen LogP contribution in [-0.2, 0) is 11.3 Å². The summed E-state index contributed by atoms with van der Waals surface area (Å²) in [7, 11) is 0. The number of aromatic nitrogens is 4. The molecule has 0 unspecified atom stereocenters. The molecule has 2 aromatic rings. The highest BCUT2D eigenvalue weighted by molar-refractivity contribution is 6.01. The molecule has 1 fully saturated rings. The summed E-state index contributed by atoms with van der Waals surface area (Å²) in [6.45, 7) is 2.72. The van der Waals surface area contributed by atoms with Gasteiger partial charge in [0.2, 0.25) is 11.9 Å². The van der Waals surface area contributed by atoms with Gasteiger partial charge in [-0.1, -0.05) is 6.92 Å².